The van der Waals surface area contributed by atoms with Gasteiger partial charge in [-0.1, -0.05) is 5.16 Å². The molecule has 0 aromatic carbocycles. The molecule has 1 atom stereocenters. The number of hydrogen-bond acceptors (Lipinski definition) is 6. The van der Waals surface area contributed by atoms with Crippen molar-refractivity contribution < 1.29 is 18.5 Å². The van der Waals surface area contributed by atoms with Crippen molar-refractivity contribution in [2.24, 2.45) is 0 Å². The largest absolute Gasteiger partial charge is 0.467 e. The van der Waals surface area contributed by atoms with Crippen LogP contribution < -0.4 is 10.6 Å². The lowest BCUT2D eigenvalue weighted by Gasteiger charge is -2.10. The number of nitrogens with one attached hydrogen (secondary N) is 2. The van der Waals surface area contributed by atoms with Crippen molar-refractivity contribution in [1.29, 1.82) is 0 Å². The summed E-state index contributed by atoms with van der Waals surface area (Å²) in [4.78, 5) is 23.6. The van der Waals surface area contributed by atoms with Crippen LogP contribution in [-0.2, 0) is 16.1 Å². The average Bonchev–Trinajstić information content (AvgIpc) is 3.14. The first-order valence-corrected chi connectivity index (χ1v) is 7.74. The quantitative estimate of drug-likeness (QED) is 0.808. The summed E-state index contributed by atoms with van der Waals surface area (Å²) >= 11 is 1.24. The number of nitrogens with zero attached hydrogens (tertiary/aromatic N) is 1. The summed E-state index contributed by atoms with van der Waals surface area (Å²) in [6, 6.07) is 5.17. The fourth-order valence-electron chi connectivity index (χ4n) is 1.58. The number of carbonyl (C=O) groups excluding carboxylic acids is 2. The Labute approximate surface area is 131 Å². The van der Waals surface area contributed by atoms with E-state index in [1.807, 2.05) is 0 Å². The molecule has 2 aromatic heterocycles. The second kappa shape index (κ2) is 7.69. The smallest absolute Gasteiger partial charge is 0.238 e. The topological polar surface area (TPSA) is 97.4 Å². The van der Waals surface area contributed by atoms with Crippen molar-refractivity contribution in [2.45, 2.75) is 25.6 Å². The van der Waals surface area contributed by atoms with Gasteiger partial charge in [-0.2, -0.15) is 0 Å². The molecule has 118 valence electrons. The van der Waals surface area contributed by atoms with E-state index in [1.54, 1.807) is 38.3 Å². The number of amides is 2. The zero-order valence-corrected chi connectivity index (χ0v) is 13.1. The van der Waals surface area contributed by atoms with Gasteiger partial charge >= 0.3 is 0 Å². The molecule has 2 N–H and O–H groups in total. The Hall–Kier alpha value is -2.22. The Morgan fingerprint density at radius 2 is 2.27 bits per heavy atom. The number of furan rings is 1. The van der Waals surface area contributed by atoms with Crippen molar-refractivity contribution in [1.82, 2.24) is 10.5 Å². The van der Waals surface area contributed by atoms with Crippen molar-refractivity contribution in [3.63, 3.8) is 0 Å². The second-order valence-electron chi connectivity index (χ2n) is 4.62. The molecule has 0 fully saturated rings. The Morgan fingerprint density at radius 1 is 1.45 bits per heavy atom. The molecular weight excluding hydrogens is 306 g/mol. The van der Waals surface area contributed by atoms with E-state index in [9.17, 15) is 9.59 Å². The molecule has 0 spiro atoms. The van der Waals surface area contributed by atoms with Gasteiger partial charge in [-0.25, -0.2) is 0 Å². The standard InChI is InChI=1S/C14H17N3O4S/c1-9-6-12(17-21-9)16-14(19)10(2)22-8-13(18)15-7-11-4-3-5-20-11/h3-6,10H,7-8H2,1-2H3,(H,15,18)(H,16,17,19). The number of thioether (sulfide) groups is 1. The average molecular weight is 323 g/mol. The fraction of sp³-hybridized carbons (Fsp3) is 0.357. The molecule has 2 aromatic rings. The van der Waals surface area contributed by atoms with Crippen LogP contribution >= 0.6 is 11.8 Å². The van der Waals surface area contributed by atoms with Crippen LogP contribution in [0.25, 0.3) is 0 Å². The highest BCUT2D eigenvalue weighted by Crippen LogP contribution is 2.14. The molecule has 22 heavy (non-hydrogen) atoms. The van der Waals surface area contributed by atoms with Gasteiger partial charge in [0.2, 0.25) is 11.8 Å². The Kier molecular flexibility index (Phi) is 5.65. The molecule has 2 amide bonds. The molecule has 7 nitrogen and oxygen atoms in total. The molecule has 0 saturated carbocycles. The lowest BCUT2D eigenvalue weighted by molar-refractivity contribution is -0.118. The van der Waals surface area contributed by atoms with Gasteiger partial charge in [0, 0.05) is 6.07 Å². The van der Waals surface area contributed by atoms with Gasteiger partial charge in [0.15, 0.2) is 5.82 Å². The van der Waals surface area contributed by atoms with E-state index in [1.165, 1.54) is 11.8 Å². The lowest BCUT2D eigenvalue weighted by atomic mass is 10.4. The number of hydrogen-bond donors (Lipinski definition) is 2. The molecule has 0 aliphatic heterocycles. The summed E-state index contributed by atoms with van der Waals surface area (Å²) in [5.74, 6) is 1.48. The third-order valence-corrected chi connectivity index (χ3v) is 3.90. The predicted octanol–water partition coefficient (Wildman–Crippen LogP) is 1.95. The Morgan fingerprint density at radius 3 is 2.91 bits per heavy atom. The maximum atomic E-state index is 11.9. The summed E-state index contributed by atoms with van der Waals surface area (Å²) in [5, 5.41) is 8.65. The zero-order chi connectivity index (χ0) is 15.9. The summed E-state index contributed by atoms with van der Waals surface area (Å²) in [6.45, 7) is 3.81. The summed E-state index contributed by atoms with van der Waals surface area (Å²) in [6.07, 6.45) is 1.55. The van der Waals surface area contributed by atoms with Gasteiger partial charge in [0.1, 0.15) is 11.5 Å². The molecule has 0 aliphatic rings. The maximum absolute atomic E-state index is 11.9. The lowest BCUT2D eigenvalue weighted by Crippen LogP contribution is -2.28. The zero-order valence-electron chi connectivity index (χ0n) is 12.3. The van der Waals surface area contributed by atoms with E-state index in [2.05, 4.69) is 15.8 Å². The van der Waals surface area contributed by atoms with Crippen molar-refractivity contribution in [3.8, 4) is 0 Å². The number of anilines is 1. The van der Waals surface area contributed by atoms with E-state index in [0.29, 0.717) is 23.9 Å². The summed E-state index contributed by atoms with van der Waals surface area (Å²) in [5.41, 5.74) is 0. The molecule has 2 heterocycles. The minimum absolute atomic E-state index is 0.154. The predicted molar refractivity (Wildman–Crippen MR) is 82.3 cm³/mol. The van der Waals surface area contributed by atoms with Crippen molar-refractivity contribution in [3.05, 3.63) is 36.0 Å². The molecule has 0 aliphatic carbocycles. The minimum atomic E-state index is -0.383. The molecule has 2 rings (SSSR count). The maximum Gasteiger partial charge on any atom is 0.238 e. The van der Waals surface area contributed by atoms with E-state index < -0.39 is 0 Å². The monoisotopic (exact) mass is 323 g/mol. The third kappa shape index (κ3) is 4.96. The van der Waals surface area contributed by atoms with E-state index in [-0.39, 0.29) is 22.8 Å². The van der Waals surface area contributed by atoms with Crippen LogP contribution in [0.5, 0.6) is 0 Å². The molecule has 0 radical (unpaired) electrons. The van der Waals surface area contributed by atoms with Gasteiger partial charge in [-0.15, -0.1) is 11.8 Å². The van der Waals surface area contributed by atoms with Crippen LogP contribution in [0.2, 0.25) is 0 Å². The first-order chi connectivity index (χ1) is 10.5. The number of aromatic nitrogens is 1. The molecule has 8 heteroatoms. The normalized spacial score (nSPS) is 11.9. The number of rotatable bonds is 7. The number of carbonyl (C=O) groups is 2. The Bertz CT molecular complexity index is 624. The molecule has 0 saturated heterocycles. The fourth-order valence-corrected chi connectivity index (χ4v) is 2.29. The molecular formula is C14H17N3O4S. The SMILES string of the molecule is Cc1cc(NC(=O)C(C)SCC(=O)NCc2ccco2)no1. The van der Waals surface area contributed by atoms with Crippen LogP contribution in [0.15, 0.2) is 33.4 Å². The van der Waals surface area contributed by atoms with Gasteiger partial charge < -0.3 is 19.6 Å². The van der Waals surface area contributed by atoms with Gasteiger partial charge in [0.05, 0.1) is 23.8 Å². The molecule has 1 unspecified atom stereocenters. The highest BCUT2D eigenvalue weighted by atomic mass is 32.2. The van der Waals surface area contributed by atoms with E-state index >= 15 is 0 Å². The van der Waals surface area contributed by atoms with E-state index in [4.69, 9.17) is 8.94 Å². The first kappa shape index (κ1) is 16.2. The van der Waals surface area contributed by atoms with Crippen molar-refractivity contribution >= 4 is 29.4 Å². The van der Waals surface area contributed by atoms with E-state index in [0.717, 1.165) is 0 Å². The van der Waals surface area contributed by atoms with Gasteiger partial charge in [0.25, 0.3) is 0 Å². The molecule has 0 bridgehead atoms. The summed E-state index contributed by atoms with van der Waals surface area (Å²) < 4.78 is 9.98. The third-order valence-electron chi connectivity index (χ3n) is 2.75. The minimum Gasteiger partial charge on any atom is -0.467 e. The van der Waals surface area contributed by atoms with Crippen LogP contribution in [0.3, 0.4) is 0 Å². The second-order valence-corrected chi connectivity index (χ2v) is 5.95. The van der Waals surface area contributed by atoms with Crippen LogP contribution in [-0.4, -0.2) is 28.0 Å². The Balaban J connectivity index is 1.68. The summed E-state index contributed by atoms with van der Waals surface area (Å²) in [7, 11) is 0. The van der Waals surface area contributed by atoms with Crippen LogP contribution in [0.4, 0.5) is 5.82 Å². The first-order valence-electron chi connectivity index (χ1n) is 6.69. The number of aryl methyl sites for hydroxylation is 1. The van der Waals surface area contributed by atoms with Crippen molar-refractivity contribution in [2.75, 3.05) is 11.1 Å². The van der Waals surface area contributed by atoms with Crippen LogP contribution in [0.1, 0.15) is 18.4 Å². The van der Waals surface area contributed by atoms with Gasteiger partial charge in [-0.05, 0) is 26.0 Å². The highest BCUT2D eigenvalue weighted by molar-refractivity contribution is 8.01. The van der Waals surface area contributed by atoms with Gasteiger partial charge in [-0.3, -0.25) is 9.59 Å². The van der Waals surface area contributed by atoms with Crippen LogP contribution in [0, 0.1) is 6.92 Å². The highest BCUT2D eigenvalue weighted by Gasteiger charge is 2.16.